The van der Waals surface area contributed by atoms with Crippen LogP contribution in [-0.4, -0.2) is 76.8 Å². The highest BCUT2D eigenvalue weighted by Gasteiger charge is 2.24. The molecule has 10 heteroatoms. The Labute approximate surface area is 225 Å². The van der Waals surface area contributed by atoms with E-state index in [9.17, 15) is 4.79 Å². The molecule has 3 rings (SSSR count). The van der Waals surface area contributed by atoms with Gasteiger partial charge in [0, 0.05) is 30.9 Å². The van der Waals surface area contributed by atoms with Crippen LogP contribution in [0, 0.1) is 6.92 Å². The van der Waals surface area contributed by atoms with Crippen LogP contribution in [0.5, 0.6) is 5.75 Å². The first kappa shape index (κ1) is 28.4. The molecule has 2 aromatic carbocycles. The number of aryl methyl sites for hydroxylation is 1. The molecule has 0 atom stereocenters. The predicted molar refractivity (Wildman–Crippen MR) is 160 cm³/mol. The fraction of sp³-hybridized carbons (Fsp3) is 0.357. The van der Waals surface area contributed by atoms with Gasteiger partial charge in [-0.25, -0.2) is 9.98 Å². The summed E-state index contributed by atoms with van der Waals surface area (Å²) in [7, 11) is 5.85. The van der Waals surface area contributed by atoms with Gasteiger partial charge in [0.2, 0.25) is 11.9 Å². The van der Waals surface area contributed by atoms with E-state index in [-0.39, 0.29) is 12.6 Å². The molecule has 3 N–H and O–H groups in total. The molecular weight excluding hydrogens is 480 g/mol. The number of guanidine groups is 1. The summed E-state index contributed by atoms with van der Waals surface area (Å²) in [6, 6.07) is 12.2. The van der Waals surface area contributed by atoms with Crippen molar-refractivity contribution in [1.82, 2.24) is 4.90 Å². The monoisotopic (exact) mass is 518 g/mol. The number of rotatable bonds is 10. The molecule has 38 heavy (non-hydrogen) atoms. The van der Waals surface area contributed by atoms with Gasteiger partial charge in [0.1, 0.15) is 18.8 Å². The molecule has 1 heterocycles. The van der Waals surface area contributed by atoms with Gasteiger partial charge in [-0.2, -0.15) is 0 Å². The van der Waals surface area contributed by atoms with Crippen molar-refractivity contribution in [2.24, 2.45) is 15.0 Å². The molecule has 0 unspecified atom stereocenters. The summed E-state index contributed by atoms with van der Waals surface area (Å²) >= 11 is 0. The predicted octanol–water partition coefficient (Wildman–Crippen LogP) is 4.22. The van der Waals surface area contributed by atoms with Gasteiger partial charge in [-0.05, 0) is 70.4 Å². The summed E-state index contributed by atoms with van der Waals surface area (Å²) in [5.41, 5.74) is 4.28. The number of nitrogens with zero attached hydrogens (tertiary/aromatic N) is 5. The maximum Gasteiger partial charge on any atom is 0.247 e. The molecule has 1 aliphatic rings. The average Bonchev–Trinajstić information content (AvgIpc) is 2.92. The van der Waals surface area contributed by atoms with Crippen molar-refractivity contribution >= 4 is 47.7 Å². The molecule has 1 amide bonds. The van der Waals surface area contributed by atoms with Crippen molar-refractivity contribution in [3.8, 4) is 5.75 Å². The second-order valence-corrected chi connectivity index (χ2v) is 9.18. The largest absolute Gasteiger partial charge is 0.495 e. The highest BCUT2D eigenvalue weighted by Crippen LogP contribution is 2.38. The second-order valence-electron chi connectivity index (χ2n) is 9.18. The van der Waals surface area contributed by atoms with Crippen molar-refractivity contribution in [3.63, 3.8) is 0 Å². The number of ether oxygens (including phenoxy) is 1. The van der Waals surface area contributed by atoms with E-state index in [1.165, 1.54) is 12.4 Å². The number of carbonyl (C=O) groups is 1. The highest BCUT2D eigenvalue weighted by molar-refractivity contribution is 6.02. The van der Waals surface area contributed by atoms with Gasteiger partial charge >= 0.3 is 0 Å². The number of amides is 1. The number of carbonyl (C=O) groups excluding carboxylic acids is 1. The number of nitrogens with one attached hydrogen (secondary N) is 3. The number of benzene rings is 2. The van der Waals surface area contributed by atoms with Crippen molar-refractivity contribution < 1.29 is 9.53 Å². The van der Waals surface area contributed by atoms with Crippen molar-refractivity contribution in [2.75, 3.05) is 61.8 Å². The molecule has 0 bridgehead atoms. The van der Waals surface area contributed by atoms with Crippen LogP contribution in [0.25, 0.3) is 0 Å². The van der Waals surface area contributed by atoms with E-state index in [2.05, 4.69) is 68.1 Å². The van der Waals surface area contributed by atoms with E-state index < -0.39 is 0 Å². The zero-order valence-electron chi connectivity index (χ0n) is 22.7. The molecule has 0 aromatic heterocycles. The number of anilines is 4. The first-order valence-electron chi connectivity index (χ1n) is 12.5. The molecule has 1 aliphatic heterocycles. The Bertz CT molecular complexity index is 1180. The lowest BCUT2D eigenvalue weighted by molar-refractivity contribution is -0.111. The lowest BCUT2D eigenvalue weighted by Gasteiger charge is -2.37. The van der Waals surface area contributed by atoms with Gasteiger partial charge in [-0.15, -0.1) is 0 Å². The van der Waals surface area contributed by atoms with Gasteiger partial charge in [0.05, 0.1) is 24.2 Å². The minimum atomic E-state index is -0.275. The third kappa shape index (κ3) is 7.91. The number of aliphatic imine (C=N–C) groups is 3. The molecule has 0 spiro atoms. The fourth-order valence-electron chi connectivity index (χ4n) is 4.28. The highest BCUT2D eigenvalue weighted by atomic mass is 16.5. The summed E-state index contributed by atoms with van der Waals surface area (Å²) < 4.78 is 5.67. The summed E-state index contributed by atoms with van der Waals surface area (Å²) in [5.74, 6) is 0.719. The normalized spacial score (nSPS) is 14.4. The van der Waals surface area contributed by atoms with Crippen LogP contribution in [-0.2, 0) is 4.79 Å². The molecule has 0 saturated carbocycles. The topological polar surface area (TPSA) is 106 Å². The molecule has 0 radical (unpaired) electrons. The van der Waals surface area contributed by atoms with Gasteiger partial charge in [-0.1, -0.05) is 18.7 Å². The van der Waals surface area contributed by atoms with Crippen LogP contribution in [0.4, 0.5) is 22.7 Å². The van der Waals surface area contributed by atoms with Crippen molar-refractivity contribution in [3.05, 3.63) is 54.6 Å². The Morgan fingerprint density at radius 3 is 2.58 bits per heavy atom. The van der Waals surface area contributed by atoms with Crippen LogP contribution < -0.4 is 25.6 Å². The maximum absolute atomic E-state index is 12.2. The summed E-state index contributed by atoms with van der Waals surface area (Å²) in [6.07, 6.45) is 4.76. The average molecular weight is 519 g/mol. The Morgan fingerprint density at radius 2 is 1.95 bits per heavy atom. The van der Waals surface area contributed by atoms with E-state index >= 15 is 0 Å². The smallest absolute Gasteiger partial charge is 0.247 e. The van der Waals surface area contributed by atoms with Gasteiger partial charge in [0.15, 0.2) is 0 Å². The van der Waals surface area contributed by atoms with Gasteiger partial charge < -0.3 is 30.5 Å². The quantitative estimate of drug-likeness (QED) is 0.247. The number of methoxy groups -OCH3 is 1. The molecule has 2 aromatic rings. The Balaban J connectivity index is 1.73. The number of hydrogen-bond acceptors (Lipinski definition) is 6. The van der Waals surface area contributed by atoms with E-state index in [0.717, 1.165) is 42.9 Å². The third-order valence-corrected chi connectivity index (χ3v) is 6.34. The molecule has 202 valence electrons. The minimum Gasteiger partial charge on any atom is -0.495 e. The summed E-state index contributed by atoms with van der Waals surface area (Å²) in [6.45, 7) is 11.2. The van der Waals surface area contributed by atoms with E-state index in [0.29, 0.717) is 29.1 Å². The Kier molecular flexibility index (Phi) is 10.4. The van der Waals surface area contributed by atoms with Crippen molar-refractivity contribution in [2.45, 2.75) is 25.8 Å². The molecular formula is C28H38N8O2. The van der Waals surface area contributed by atoms with Gasteiger partial charge in [-0.3, -0.25) is 9.79 Å². The van der Waals surface area contributed by atoms with E-state index in [1.807, 2.05) is 43.3 Å². The third-order valence-electron chi connectivity index (χ3n) is 6.34. The maximum atomic E-state index is 12.2. The molecule has 0 aliphatic carbocycles. The Morgan fingerprint density at radius 1 is 1.18 bits per heavy atom. The first-order valence-corrected chi connectivity index (χ1v) is 12.5. The first-order chi connectivity index (χ1) is 18.3. The van der Waals surface area contributed by atoms with Crippen molar-refractivity contribution in [1.29, 1.82) is 0 Å². The van der Waals surface area contributed by atoms with Crippen LogP contribution in [0.15, 0.2) is 64.0 Å². The lowest BCUT2D eigenvalue weighted by Crippen LogP contribution is -2.42. The lowest BCUT2D eigenvalue weighted by atomic mass is 10.0. The van der Waals surface area contributed by atoms with E-state index in [1.54, 1.807) is 7.11 Å². The van der Waals surface area contributed by atoms with Crippen LogP contribution >= 0.6 is 0 Å². The molecule has 1 fully saturated rings. The van der Waals surface area contributed by atoms with E-state index in [4.69, 9.17) is 4.74 Å². The zero-order chi connectivity index (χ0) is 27.5. The zero-order valence-corrected chi connectivity index (χ0v) is 22.7. The molecule has 10 nitrogen and oxygen atoms in total. The number of piperidine rings is 1. The minimum absolute atomic E-state index is 0.233. The fourth-order valence-corrected chi connectivity index (χ4v) is 4.28. The molecule has 1 saturated heterocycles. The number of hydrogen-bond donors (Lipinski definition) is 3. The summed E-state index contributed by atoms with van der Waals surface area (Å²) in [5, 5.41) is 9.28. The van der Waals surface area contributed by atoms with Crippen LogP contribution in [0.3, 0.4) is 0 Å². The van der Waals surface area contributed by atoms with Crippen LogP contribution in [0.2, 0.25) is 0 Å². The van der Waals surface area contributed by atoms with Crippen LogP contribution in [0.1, 0.15) is 18.4 Å². The second kappa shape index (κ2) is 13.9. The Hall–Kier alpha value is -4.18. The SMILES string of the molecule is C=CC(=O)Nc1cc(NC/N=C\N=C(N=C)Nc2cccc(C)c2)c(OC)cc1N1CCC(N(C)C)CC1. The standard InChI is InChI=1S/C28H38N8O2/c1-7-27(37)34-23-16-24(26(38-6)17-25(23)36-13-11-22(12-14-36)35(4)5)31-18-30-19-32-28(29-3)33-21-10-8-9-20(2)15-21/h7-10,15-17,19,22,31H,1,3,11-14,18H2,2,4-6H3,(H,34,37)(H,30,32,33). The van der Waals surface area contributed by atoms with Gasteiger partial charge in [0.25, 0.3) is 0 Å². The summed E-state index contributed by atoms with van der Waals surface area (Å²) in [4.78, 5) is 29.2.